The molecule has 0 radical (unpaired) electrons. The Morgan fingerprint density at radius 1 is 1.40 bits per heavy atom. The van der Waals surface area contributed by atoms with E-state index >= 15 is 0 Å². The molecule has 6 atom stereocenters. The number of hydrogen-bond donors (Lipinski definition) is 0. The van der Waals surface area contributed by atoms with Crippen LogP contribution in [0.3, 0.4) is 0 Å². The number of esters is 2. The van der Waals surface area contributed by atoms with Crippen LogP contribution in [0.5, 0.6) is 0 Å². The zero-order valence-electron chi connectivity index (χ0n) is 11.1. The first-order valence-electron chi connectivity index (χ1n) is 6.57. The standard InChI is InChI=1S/C13H16O6S/c1-6(2)13(15)17-5-10(14)18-11-7-3-8-9(4-7)20(16)19-12(8)11/h7-9,11-12H,1,3-5H2,2H3. The molecule has 2 saturated carbocycles. The molecule has 0 aromatic heterocycles. The summed E-state index contributed by atoms with van der Waals surface area (Å²) in [5, 5.41) is 0.0983. The van der Waals surface area contributed by atoms with E-state index < -0.39 is 29.6 Å². The zero-order valence-corrected chi connectivity index (χ0v) is 11.9. The van der Waals surface area contributed by atoms with Crippen LogP contribution in [0.25, 0.3) is 0 Å². The van der Waals surface area contributed by atoms with Crippen molar-refractivity contribution in [3.05, 3.63) is 12.2 Å². The summed E-state index contributed by atoms with van der Waals surface area (Å²) >= 11 is -1.26. The molecule has 1 aliphatic heterocycles. The van der Waals surface area contributed by atoms with E-state index in [1.165, 1.54) is 6.92 Å². The van der Waals surface area contributed by atoms with Crippen molar-refractivity contribution in [3.8, 4) is 0 Å². The Morgan fingerprint density at radius 2 is 2.15 bits per heavy atom. The van der Waals surface area contributed by atoms with Crippen LogP contribution in [-0.2, 0) is 34.3 Å². The first kappa shape index (κ1) is 13.8. The average Bonchev–Trinajstić information content (AvgIpc) is 3.00. The third kappa shape index (κ3) is 2.18. The molecule has 1 saturated heterocycles. The Kier molecular flexibility index (Phi) is 3.41. The molecule has 0 aromatic carbocycles. The van der Waals surface area contributed by atoms with Crippen molar-refractivity contribution >= 4 is 23.0 Å². The van der Waals surface area contributed by atoms with E-state index in [9.17, 15) is 13.8 Å². The second kappa shape index (κ2) is 4.96. The lowest BCUT2D eigenvalue weighted by Gasteiger charge is -2.24. The van der Waals surface area contributed by atoms with Crippen LogP contribution in [0.1, 0.15) is 19.8 Å². The van der Waals surface area contributed by atoms with Gasteiger partial charge < -0.3 is 9.47 Å². The first-order valence-corrected chi connectivity index (χ1v) is 7.71. The molecule has 0 spiro atoms. The molecule has 0 aromatic rings. The van der Waals surface area contributed by atoms with Crippen LogP contribution in [0.2, 0.25) is 0 Å². The van der Waals surface area contributed by atoms with Gasteiger partial charge in [0.25, 0.3) is 0 Å². The van der Waals surface area contributed by atoms with E-state index in [1.54, 1.807) is 0 Å². The number of carbonyl (C=O) groups excluding carboxylic acids is 2. The second-order valence-electron chi connectivity index (χ2n) is 5.57. The Hall–Kier alpha value is -1.21. The van der Waals surface area contributed by atoms with Gasteiger partial charge in [0.1, 0.15) is 12.2 Å². The predicted octanol–water partition coefficient (Wildman–Crippen LogP) is 0.488. The minimum atomic E-state index is -1.26. The van der Waals surface area contributed by atoms with Crippen LogP contribution in [0.15, 0.2) is 12.2 Å². The van der Waals surface area contributed by atoms with Gasteiger partial charge in [0.15, 0.2) is 17.7 Å². The lowest BCUT2D eigenvalue weighted by molar-refractivity contribution is -0.165. The van der Waals surface area contributed by atoms with E-state index in [-0.39, 0.29) is 34.9 Å². The molecule has 2 bridgehead atoms. The fourth-order valence-electron chi connectivity index (χ4n) is 3.32. The van der Waals surface area contributed by atoms with Gasteiger partial charge in [-0.25, -0.2) is 13.8 Å². The number of ether oxygens (including phenoxy) is 2. The molecular weight excluding hydrogens is 284 g/mol. The molecule has 6 nitrogen and oxygen atoms in total. The molecule has 3 fully saturated rings. The molecule has 7 heteroatoms. The van der Waals surface area contributed by atoms with Gasteiger partial charge in [-0.2, -0.15) is 0 Å². The molecule has 3 aliphatic rings. The van der Waals surface area contributed by atoms with Crippen molar-refractivity contribution < 1.29 is 27.5 Å². The van der Waals surface area contributed by atoms with Gasteiger partial charge in [0, 0.05) is 17.4 Å². The minimum Gasteiger partial charge on any atom is -0.457 e. The Labute approximate surface area is 119 Å². The van der Waals surface area contributed by atoms with Gasteiger partial charge in [0.2, 0.25) is 0 Å². The summed E-state index contributed by atoms with van der Waals surface area (Å²) in [7, 11) is 0. The van der Waals surface area contributed by atoms with E-state index in [2.05, 4.69) is 6.58 Å². The van der Waals surface area contributed by atoms with Crippen LogP contribution in [0.4, 0.5) is 0 Å². The Bertz CT molecular complexity index is 501. The third-order valence-corrected chi connectivity index (χ3v) is 5.64. The molecule has 2 aliphatic carbocycles. The highest BCUT2D eigenvalue weighted by Gasteiger charge is 2.62. The summed E-state index contributed by atoms with van der Waals surface area (Å²) in [4.78, 5) is 22.9. The zero-order chi connectivity index (χ0) is 14.4. The van der Waals surface area contributed by atoms with Crippen molar-refractivity contribution in [2.75, 3.05) is 6.61 Å². The van der Waals surface area contributed by atoms with Gasteiger partial charge >= 0.3 is 11.9 Å². The van der Waals surface area contributed by atoms with Crippen molar-refractivity contribution in [3.63, 3.8) is 0 Å². The van der Waals surface area contributed by atoms with E-state index in [0.717, 1.165) is 12.8 Å². The molecule has 1 heterocycles. The van der Waals surface area contributed by atoms with Crippen molar-refractivity contribution in [1.82, 2.24) is 0 Å². The topological polar surface area (TPSA) is 78.9 Å². The largest absolute Gasteiger partial charge is 0.457 e. The van der Waals surface area contributed by atoms with Crippen molar-refractivity contribution in [2.24, 2.45) is 11.8 Å². The van der Waals surface area contributed by atoms with Crippen LogP contribution in [0, 0.1) is 11.8 Å². The smallest absolute Gasteiger partial charge is 0.344 e. The summed E-state index contributed by atoms with van der Waals surface area (Å²) in [6, 6.07) is 0. The number of hydrogen-bond acceptors (Lipinski definition) is 6. The molecule has 110 valence electrons. The maximum Gasteiger partial charge on any atom is 0.344 e. The fourth-order valence-corrected chi connectivity index (χ4v) is 4.89. The summed E-state index contributed by atoms with van der Waals surface area (Å²) in [6.45, 7) is 4.50. The lowest BCUT2D eigenvalue weighted by atomic mass is 9.94. The van der Waals surface area contributed by atoms with E-state index in [0.29, 0.717) is 0 Å². The molecule has 0 amide bonds. The number of carbonyl (C=O) groups is 2. The van der Waals surface area contributed by atoms with Crippen LogP contribution < -0.4 is 0 Å². The summed E-state index contributed by atoms with van der Waals surface area (Å²) in [5.74, 6) is -0.776. The maximum absolute atomic E-state index is 11.7. The maximum atomic E-state index is 11.7. The van der Waals surface area contributed by atoms with Gasteiger partial charge in [-0.15, -0.1) is 0 Å². The molecule has 20 heavy (non-hydrogen) atoms. The van der Waals surface area contributed by atoms with Crippen molar-refractivity contribution in [1.29, 1.82) is 0 Å². The first-order chi connectivity index (χ1) is 9.47. The van der Waals surface area contributed by atoms with E-state index in [1.807, 2.05) is 0 Å². The van der Waals surface area contributed by atoms with Crippen LogP contribution in [-0.4, -0.2) is 40.2 Å². The highest BCUT2D eigenvalue weighted by molar-refractivity contribution is 7.81. The molecular formula is C13H16O6S. The van der Waals surface area contributed by atoms with Gasteiger partial charge in [-0.1, -0.05) is 6.58 Å². The molecule has 6 unspecified atom stereocenters. The lowest BCUT2D eigenvalue weighted by Crippen LogP contribution is -2.38. The Morgan fingerprint density at radius 3 is 2.85 bits per heavy atom. The minimum absolute atomic E-state index is 0.0983. The summed E-state index contributed by atoms with van der Waals surface area (Å²) in [5.41, 5.74) is 0.232. The average molecular weight is 300 g/mol. The fraction of sp³-hybridized carbons (Fsp3) is 0.692. The van der Waals surface area contributed by atoms with E-state index in [4.69, 9.17) is 13.7 Å². The third-order valence-electron chi connectivity index (χ3n) is 4.19. The molecule has 3 rings (SSSR count). The molecule has 0 N–H and O–H groups in total. The Balaban J connectivity index is 1.54. The number of rotatable bonds is 4. The predicted molar refractivity (Wildman–Crippen MR) is 68.7 cm³/mol. The number of fused-ring (bicyclic) bond motifs is 1. The monoisotopic (exact) mass is 300 g/mol. The van der Waals surface area contributed by atoms with Crippen molar-refractivity contribution in [2.45, 2.75) is 37.2 Å². The normalized spacial score (nSPS) is 40.6. The SMILES string of the molecule is C=C(C)C(=O)OCC(=O)OC1C2CC3C1OS(=O)C3C2. The summed E-state index contributed by atoms with van der Waals surface area (Å²) in [6.07, 6.45) is 1.04. The van der Waals surface area contributed by atoms with Gasteiger partial charge in [-0.3, -0.25) is 4.18 Å². The van der Waals surface area contributed by atoms with Gasteiger partial charge in [0.05, 0.1) is 5.25 Å². The second-order valence-corrected chi connectivity index (χ2v) is 6.88. The highest BCUT2D eigenvalue weighted by atomic mass is 32.2. The quantitative estimate of drug-likeness (QED) is 0.555. The highest BCUT2D eigenvalue weighted by Crippen LogP contribution is 2.54. The van der Waals surface area contributed by atoms with Gasteiger partial charge in [-0.05, 0) is 19.8 Å². The summed E-state index contributed by atoms with van der Waals surface area (Å²) < 4.78 is 27.2. The van der Waals surface area contributed by atoms with Crippen LogP contribution >= 0.6 is 0 Å².